The van der Waals surface area contributed by atoms with Crippen molar-refractivity contribution in [1.29, 1.82) is 0 Å². The summed E-state index contributed by atoms with van der Waals surface area (Å²) in [7, 11) is 0. The summed E-state index contributed by atoms with van der Waals surface area (Å²) in [5.74, 6) is 0. The van der Waals surface area contributed by atoms with Crippen LogP contribution in [0, 0.1) is 0 Å². The number of allylic oxidation sites excluding steroid dienone is 2. The molecule has 0 radical (unpaired) electrons. The van der Waals surface area contributed by atoms with E-state index in [-0.39, 0.29) is 0 Å². The highest BCUT2D eigenvalue weighted by Crippen LogP contribution is 2.39. The third-order valence-corrected chi connectivity index (χ3v) is 11.2. The first-order valence-electron chi connectivity index (χ1n) is 20.1. The second-order valence-corrected chi connectivity index (χ2v) is 14.7. The third-order valence-electron chi connectivity index (χ3n) is 11.2. The Labute approximate surface area is 349 Å². The molecule has 0 bridgehead atoms. The zero-order valence-electron chi connectivity index (χ0n) is 33.0. The van der Waals surface area contributed by atoms with Crippen LogP contribution in [0.15, 0.2) is 232 Å². The van der Waals surface area contributed by atoms with Crippen molar-refractivity contribution >= 4 is 43.6 Å². The molecule has 4 nitrogen and oxygen atoms in total. The van der Waals surface area contributed by atoms with Gasteiger partial charge >= 0.3 is 0 Å². The normalized spacial score (nSPS) is 11.1. The van der Waals surface area contributed by atoms with Gasteiger partial charge in [-0.1, -0.05) is 141 Å². The van der Waals surface area contributed by atoms with Crippen LogP contribution in [-0.2, 0) is 0 Å². The van der Waals surface area contributed by atoms with Gasteiger partial charge in [0, 0.05) is 68.2 Å². The van der Waals surface area contributed by atoms with Gasteiger partial charge in [-0.2, -0.15) is 0 Å². The minimum Gasteiger partial charge on any atom is -0.309 e. The average Bonchev–Trinajstić information content (AvgIpc) is 3.84. The molecule has 11 rings (SSSR count). The molecule has 284 valence electrons. The molecule has 0 aliphatic carbocycles. The van der Waals surface area contributed by atoms with Crippen LogP contribution in [-0.4, -0.2) is 19.1 Å². The molecule has 0 atom stereocenters. The van der Waals surface area contributed by atoms with Gasteiger partial charge in [-0.05, 0) is 95.1 Å². The van der Waals surface area contributed by atoms with Gasteiger partial charge in [0.25, 0.3) is 0 Å². The largest absolute Gasteiger partial charge is 0.309 e. The Hall–Kier alpha value is -8.08. The minimum absolute atomic E-state index is 0.970. The van der Waals surface area contributed by atoms with Gasteiger partial charge in [0.1, 0.15) is 0 Å². The van der Waals surface area contributed by atoms with Crippen LogP contribution in [0.1, 0.15) is 0 Å². The highest BCUT2D eigenvalue weighted by Gasteiger charge is 2.18. The summed E-state index contributed by atoms with van der Waals surface area (Å²) < 4.78 is 4.80. The number of hydrogen-bond donors (Lipinski definition) is 0. The van der Waals surface area contributed by atoms with Gasteiger partial charge in [-0.15, -0.1) is 0 Å². The molecular weight excluding hydrogens is 729 g/mol. The minimum atomic E-state index is 0.970. The lowest BCUT2D eigenvalue weighted by Gasteiger charge is -2.13. The smallest absolute Gasteiger partial charge is 0.0708 e. The van der Waals surface area contributed by atoms with Crippen molar-refractivity contribution in [3.63, 3.8) is 0 Å². The van der Waals surface area contributed by atoms with Gasteiger partial charge in [-0.25, -0.2) is 0 Å². The van der Waals surface area contributed by atoms with E-state index in [0.29, 0.717) is 0 Å². The van der Waals surface area contributed by atoms with Crippen LogP contribution >= 0.6 is 0 Å². The fourth-order valence-electron chi connectivity index (χ4n) is 8.49. The molecule has 0 saturated heterocycles. The Morgan fingerprint density at radius 3 is 1.53 bits per heavy atom. The Bertz CT molecular complexity index is 3350. The molecule has 0 amide bonds. The van der Waals surface area contributed by atoms with Crippen LogP contribution in [0.25, 0.3) is 99.6 Å². The van der Waals surface area contributed by atoms with Crippen molar-refractivity contribution in [2.75, 3.05) is 0 Å². The highest BCUT2D eigenvalue weighted by atomic mass is 15.0. The summed E-state index contributed by atoms with van der Waals surface area (Å²) in [6, 6.07) is 67.4. The number of benzene rings is 7. The fourth-order valence-corrected chi connectivity index (χ4v) is 8.49. The van der Waals surface area contributed by atoms with E-state index in [9.17, 15) is 0 Å². The van der Waals surface area contributed by atoms with E-state index >= 15 is 0 Å². The van der Waals surface area contributed by atoms with Crippen molar-refractivity contribution in [3.8, 4) is 56.0 Å². The number of rotatable bonds is 7. The number of fused-ring (bicyclic) bond motifs is 6. The zero-order valence-corrected chi connectivity index (χ0v) is 33.0. The molecule has 0 N–H and O–H groups in total. The van der Waals surface area contributed by atoms with E-state index in [0.717, 1.165) is 50.4 Å². The Balaban J connectivity index is 0.00000104. The van der Waals surface area contributed by atoms with E-state index in [4.69, 9.17) is 0 Å². The molecule has 0 fully saturated rings. The molecule has 0 aliphatic heterocycles. The Morgan fingerprint density at radius 2 is 0.900 bits per heavy atom. The third kappa shape index (κ3) is 6.47. The zero-order chi connectivity index (χ0) is 40.4. The molecule has 0 saturated carbocycles. The maximum Gasteiger partial charge on any atom is 0.0708 e. The Kier molecular flexibility index (Phi) is 9.49. The van der Waals surface area contributed by atoms with Crippen LogP contribution < -0.4 is 0 Å². The number of para-hydroxylation sites is 2. The SMILES string of the molecule is C=CC=C.c1ccc(-c2cncc(-c3ccc4c(c3)c3ccccc3n4-c3cccc(-n4c5ccccc5c5cc(-c6ccccc6-c6ccccn6)ccc54)c3)c2)cc1. The van der Waals surface area contributed by atoms with Crippen LogP contribution in [0.4, 0.5) is 0 Å². The maximum absolute atomic E-state index is 4.68. The van der Waals surface area contributed by atoms with E-state index < -0.39 is 0 Å². The van der Waals surface area contributed by atoms with Crippen molar-refractivity contribution < 1.29 is 0 Å². The summed E-state index contributed by atoms with van der Waals surface area (Å²) in [5.41, 5.74) is 15.8. The molecule has 7 aromatic carbocycles. The molecule has 4 aromatic heterocycles. The lowest BCUT2D eigenvalue weighted by Crippen LogP contribution is -1.98. The second kappa shape index (κ2) is 15.7. The molecule has 60 heavy (non-hydrogen) atoms. The topological polar surface area (TPSA) is 35.6 Å². The molecule has 0 unspecified atom stereocenters. The van der Waals surface area contributed by atoms with Crippen molar-refractivity contribution in [1.82, 2.24) is 19.1 Å². The number of pyridine rings is 2. The van der Waals surface area contributed by atoms with Crippen LogP contribution in [0.3, 0.4) is 0 Å². The van der Waals surface area contributed by atoms with Crippen molar-refractivity contribution in [3.05, 3.63) is 232 Å². The molecule has 0 aliphatic rings. The number of hydrogen-bond acceptors (Lipinski definition) is 2. The first-order valence-corrected chi connectivity index (χ1v) is 20.1. The van der Waals surface area contributed by atoms with Gasteiger partial charge < -0.3 is 9.13 Å². The molecule has 4 heteroatoms. The average molecular weight is 769 g/mol. The van der Waals surface area contributed by atoms with Crippen LogP contribution in [0.5, 0.6) is 0 Å². The van der Waals surface area contributed by atoms with Gasteiger partial charge in [0.15, 0.2) is 0 Å². The number of nitrogens with zero attached hydrogens (tertiary/aromatic N) is 4. The van der Waals surface area contributed by atoms with E-state index in [1.54, 1.807) is 12.2 Å². The van der Waals surface area contributed by atoms with Crippen LogP contribution in [0.2, 0.25) is 0 Å². The lowest BCUT2D eigenvalue weighted by atomic mass is 9.96. The first-order chi connectivity index (χ1) is 29.7. The summed E-state index contributed by atoms with van der Waals surface area (Å²) >= 11 is 0. The maximum atomic E-state index is 4.68. The molecule has 11 aromatic rings. The number of aromatic nitrogens is 4. The standard InChI is InChI=1S/C52H34N4.C4H6/c1-2-13-35(14-3-1)38-29-39(34-53-33-38)36-24-26-51-46(30-36)44-19-6-8-22-49(44)55(51)40-15-12-16-41(32-40)56-50-23-9-7-20-45(50)47-31-37(25-27-52(47)56)42-17-4-5-18-43(42)48-21-10-11-28-54-48;1-3-4-2/h1-34H;3-4H,1-2H2. The van der Waals surface area contributed by atoms with E-state index in [1.807, 2.05) is 36.8 Å². The summed E-state index contributed by atoms with van der Waals surface area (Å²) in [6.07, 6.45) is 9.04. The highest BCUT2D eigenvalue weighted by molar-refractivity contribution is 6.12. The molecular formula is C56H40N4. The predicted molar refractivity (Wildman–Crippen MR) is 253 cm³/mol. The summed E-state index contributed by atoms with van der Waals surface area (Å²) in [5, 5.41) is 4.87. The molecule has 0 spiro atoms. The monoisotopic (exact) mass is 768 g/mol. The van der Waals surface area contributed by atoms with Crippen molar-refractivity contribution in [2.45, 2.75) is 0 Å². The molecule has 4 heterocycles. The van der Waals surface area contributed by atoms with E-state index in [1.165, 1.54) is 49.2 Å². The van der Waals surface area contributed by atoms with Crippen molar-refractivity contribution in [2.24, 2.45) is 0 Å². The van der Waals surface area contributed by atoms with Gasteiger partial charge in [0.05, 0.1) is 27.8 Å². The summed E-state index contributed by atoms with van der Waals surface area (Å²) in [4.78, 5) is 9.32. The first kappa shape index (κ1) is 36.3. The van der Waals surface area contributed by atoms with Gasteiger partial charge in [0.2, 0.25) is 0 Å². The Morgan fingerprint density at radius 1 is 0.367 bits per heavy atom. The lowest BCUT2D eigenvalue weighted by molar-refractivity contribution is 1.13. The second-order valence-electron chi connectivity index (χ2n) is 14.7. The van der Waals surface area contributed by atoms with E-state index in [2.05, 4.69) is 202 Å². The summed E-state index contributed by atoms with van der Waals surface area (Å²) in [6.45, 7) is 6.72. The quantitative estimate of drug-likeness (QED) is 0.151. The predicted octanol–water partition coefficient (Wildman–Crippen LogP) is 14.7. The fraction of sp³-hybridized carbons (Fsp3) is 0. The van der Waals surface area contributed by atoms with Gasteiger partial charge in [-0.3, -0.25) is 9.97 Å².